The third kappa shape index (κ3) is 8.68. The molecule has 4 fully saturated rings. The molecule has 2 aliphatic carbocycles. The number of aromatic nitrogens is 12. The van der Waals surface area contributed by atoms with Crippen molar-refractivity contribution in [1.29, 1.82) is 0 Å². The van der Waals surface area contributed by atoms with Gasteiger partial charge in [0.25, 0.3) is 5.91 Å². The van der Waals surface area contributed by atoms with Gasteiger partial charge in [-0.15, -0.1) is 0 Å². The fraction of sp³-hybridized carbons (Fsp3) is 0.447. The second-order valence-corrected chi connectivity index (χ2v) is 18.2. The first-order valence-electron chi connectivity index (χ1n) is 23.3. The quantitative estimate of drug-likeness (QED) is 0.147. The molecule has 8 aromatic rings. The number of ketones is 1. The van der Waals surface area contributed by atoms with Gasteiger partial charge in [-0.25, -0.2) is 39.5 Å². The lowest BCUT2D eigenvalue weighted by Gasteiger charge is -2.33. The van der Waals surface area contributed by atoms with Gasteiger partial charge in [0.2, 0.25) is 5.82 Å². The van der Waals surface area contributed by atoms with Crippen LogP contribution in [0.15, 0.2) is 70.8 Å². The molecule has 2 aromatic carbocycles. The number of imidazole rings is 4. The molecule has 0 radical (unpaired) electrons. The molecule has 2 saturated heterocycles. The second kappa shape index (κ2) is 18.2. The Bertz CT molecular complexity index is 3220. The van der Waals surface area contributed by atoms with Crippen molar-refractivity contribution in [2.45, 2.75) is 70.4 Å². The molecule has 1 amide bonds. The lowest BCUT2D eigenvalue weighted by Crippen LogP contribution is -2.37. The number of H-pyrrole nitrogens is 2. The van der Waals surface area contributed by atoms with Gasteiger partial charge in [0.15, 0.2) is 45.6 Å². The molecular formula is C47H56N16O4. The summed E-state index contributed by atoms with van der Waals surface area (Å²) in [6.45, 7) is 6.08. The van der Waals surface area contributed by atoms with Crippen LogP contribution in [0, 0.1) is 11.8 Å². The molecule has 20 nitrogen and oxygen atoms in total. The summed E-state index contributed by atoms with van der Waals surface area (Å²) in [6.07, 6.45) is 11.4. The molecule has 0 bridgehead atoms. The van der Waals surface area contributed by atoms with Crippen molar-refractivity contribution in [3.8, 4) is 0 Å². The summed E-state index contributed by atoms with van der Waals surface area (Å²) in [5.41, 5.74) is 11.3. The second-order valence-electron chi connectivity index (χ2n) is 18.2. The van der Waals surface area contributed by atoms with E-state index in [9.17, 15) is 19.2 Å². The van der Waals surface area contributed by atoms with Gasteiger partial charge < -0.3 is 40.0 Å². The minimum atomic E-state index is -0.175. The number of hydrogen-bond acceptors (Lipinski definition) is 13. The highest BCUT2D eigenvalue weighted by atomic mass is 16.2. The monoisotopic (exact) mass is 908 g/mol. The number of aryl methyl sites for hydroxylation is 2. The Hall–Kier alpha value is -7.22. The van der Waals surface area contributed by atoms with Gasteiger partial charge in [-0.3, -0.25) is 18.7 Å². The molecule has 67 heavy (non-hydrogen) atoms. The molecule has 6 aromatic heterocycles. The summed E-state index contributed by atoms with van der Waals surface area (Å²) < 4.78 is 7.20. The summed E-state index contributed by atoms with van der Waals surface area (Å²) in [6, 6.07) is 15.8. The Morgan fingerprint density at radius 1 is 0.642 bits per heavy atom. The molecule has 0 spiro atoms. The van der Waals surface area contributed by atoms with Gasteiger partial charge >= 0.3 is 11.4 Å². The number of carbonyl (C=O) groups is 2. The SMILES string of the molecule is CC(=O)c1nc2c(N3CCC(n4c(=O)[nH]c5ccccc54)CC3)ncnc2n1C.Cn1c(C(=O)NCC2CC2)nc2c(N3CCC(n4c(=O)[nH]c5ccccc54)CC3)ncnc21.NCC1CC1. The van der Waals surface area contributed by atoms with Crippen LogP contribution in [-0.2, 0) is 14.1 Å². The van der Waals surface area contributed by atoms with Gasteiger partial charge in [0.1, 0.15) is 12.7 Å². The zero-order valence-electron chi connectivity index (χ0n) is 38.1. The van der Waals surface area contributed by atoms with Crippen molar-refractivity contribution < 1.29 is 9.59 Å². The average Bonchev–Trinajstić information content (AvgIpc) is 4.25. The zero-order chi connectivity index (χ0) is 46.3. The van der Waals surface area contributed by atoms with E-state index in [-0.39, 0.29) is 35.2 Å². The molecule has 12 rings (SSSR count). The number of aromatic amines is 2. The number of rotatable bonds is 9. The van der Waals surface area contributed by atoms with Gasteiger partial charge in [0, 0.05) is 65.8 Å². The van der Waals surface area contributed by atoms with Gasteiger partial charge in [-0.1, -0.05) is 24.3 Å². The lowest BCUT2D eigenvalue weighted by atomic mass is 10.0. The molecule has 20 heteroatoms. The molecule has 8 heterocycles. The summed E-state index contributed by atoms with van der Waals surface area (Å²) >= 11 is 0. The molecule has 5 N–H and O–H groups in total. The maximum atomic E-state index is 12.7. The highest BCUT2D eigenvalue weighted by Gasteiger charge is 2.30. The van der Waals surface area contributed by atoms with E-state index in [4.69, 9.17) is 5.73 Å². The van der Waals surface area contributed by atoms with Crippen LogP contribution in [0.2, 0.25) is 0 Å². The van der Waals surface area contributed by atoms with E-state index in [0.29, 0.717) is 46.4 Å². The van der Waals surface area contributed by atoms with Crippen LogP contribution in [0.4, 0.5) is 11.6 Å². The third-order valence-corrected chi connectivity index (χ3v) is 13.6. The van der Waals surface area contributed by atoms with Crippen LogP contribution < -0.4 is 32.2 Å². The van der Waals surface area contributed by atoms with Crippen LogP contribution >= 0.6 is 0 Å². The normalized spacial score (nSPS) is 16.9. The van der Waals surface area contributed by atoms with E-state index in [1.807, 2.05) is 64.7 Å². The molecule has 2 aliphatic heterocycles. The third-order valence-electron chi connectivity index (χ3n) is 13.6. The highest BCUT2D eigenvalue weighted by Crippen LogP contribution is 2.33. The molecule has 0 unspecified atom stereocenters. The van der Waals surface area contributed by atoms with Gasteiger partial charge in [0.05, 0.1) is 22.1 Å². The zero-order valence-corrected chi connectivity index (χ0v) is 38.1. The summed E-state index contributed by atoms with van der Waals surface area (Å²) in [5.74, 6) is 3.44. The first-order valence-corrected chi connectivity index (χ1v) is 23.3. The van der Waals surface area contributed by atoms with Crippen LogP contribution in [0.25, 0.3) is 44.4 Å². The number of benzene rings is 2. The number of amides is 1. The highest BCUT2D eigenvalue weighted by molar-refractivity contribution is 5.97. The first kappa shape index (κ1) is 43.7. The topological polar surface area (TPSA) is 241 Å². The Kier molecular flexibility index (Phi) is 11.9. The number of nitrogens with zero attached hydrogens (tertiary/aromatic N) is 12. The number of hydrogen-bond donors (Lipinski definition) is 4. The minimum Gasteiger partial charge on any atom is -0.355 e. The standard InChI is InChI=1S/C23H26N8O2.C20H21N7O2.C4H9N/c1-29-19-18(28-21(29)22(32)24-12-14-6-7-14)20(26-13-25-19)30-10-8-15(9-11-30)31-17-5-3-2-4-16(17)27-23(31)33;1-12(28)17-24-16-18(25(17)2)21-11-22-19(16)26-9-7-13(8-10-26)27-15-6-4-3-5-14(15)23-20(27)29;5-3-4-1-2-4/h2-5,13-15H,6-12H2,1H3,(H,24,32)(H,27,33);3-6,11,13H,7-10H2,1-2H3,(H,23,29);4H,1-3,5H2. The Morgan fingerprint density at radius 3 is 1.52 bits per heavy atom. The molecule has 4 aliphatic rings. The van der Waals surface area contributed by atoms with Crippen LogP contribution in [-0.4, -0.2) is 109 Å². The Morgan fingerprint density at radius 2 is 1.09 bits per heavy atom. The average molecular weight is 909 g/mol. The summed E-state index contributed by atoms with van der Waals surface area (Å²) in [7, 11) is 3.60. The van der Waals surface area contributed by atoms with Crippen LogP contribution in [0.1, 0.15) is 91.6 Å². The molecular weight excluding hydrogens is 853 g/mol. The van der Waals surface area contributed by atoms with Crippen molar-refractivity contribution in [2.24, 2.45) is 31.7 Å². The molecule has 0 atom stereocenters. The van der Waals surface area contributed by atoms with Gasteiger partial charge in [-0.05, 0) is 94.0 Å². The van der Waals surface area contributed by atoms with E-state index in [1.54, 1.807) is 16.2 Å². The number of piperidine rings is 2. The number of carbonyl (C=O) groups excluding carboxylic acids is 2. The van der Waals surface area contributed by atoms with Crippen LogP contribution in [0.5, 0.6) is 0 Å². The van der Waals surface area contributed by atoms with Gasteiger partial charge in [-0.2, -0.15) is 0 Å². The van der Waals surface area contributed by atoms with Crippen molar-refractivity contribution in [3.05, 3.63) is 93.8 Å². The largest absolute Gasteiger partial charge is 0.355 e. The molecule has 2 saturated carbocycles. The molecule has 348 valence electrons. The summed E-state index contributed by atoms with van der Waals surface area (Å²) in [5, 5.41) is 2.98. The van der Waals surface area contributed by atoms with Crippen molar-refractivity contribution in [2.75, 3.05) is 49.1 Å². The van der Waals surface area contributed by atoms with Crippen molar-refractivity contribution in [1.82, 2.24) is 63.5 Å². The minimum absolute atomic E-state index is 0.0642. The van der Waals surface area contributed by atoms with E-state index in [2.05, 4.69) is 55.0 Å². The number of Topliss-reactive ketones (excluding diaryl/α,β-unsaturated/α-hetero) is 1. The number of fused-ring (bicyclic) bond motifs is 4. The van der Waals surface area contributed by atoms with Crippen molar-refractivity contribution >= 4 is 67.7 Å². The fourth-order valence-corrected chi connectivity index (χ4v) is 9.49. The summed E-state index contributed by atoms with van der Waals surface area (Å²) in [4.78, 5) is 86.6. The Labute approximate surface area is 384 Å². The number of nitrogens with one attached hydrogen (secondary N) is 3. The van der Waals surface area contributed by atoms with E-state index in [0.717, 1.165) is 98.0 Å². The van der Waals surface area contributed by atoms with E-state index >= 15 is 0 Å². The number of para-hydroxylation sites is 4. The fourth-order valence-electron chi connectivity index (χ4n) is 9.49. The first-order chi connectivity index (χ1) is 32.6. The smallest absolute Gasteiger partial charge is 0.326 e. The van der Waals surface area contributed by atoms with E-state index < -0.39 is 0 Å². The Balaban J connectivity index is 0.000000143. The van der Waals surface area contributed by atoms with E-state index in [1.165, 1.54) is 45.3 Å². The predicted molar refractivity (Wildman–Crippen MR) is 256 cm³/mol. The number of anilines is 2. The lowest BCUT2D eigenvalue weighted by molar-refractivity contribution is 0.0937. The number of nitrogens with two attached hydrogens (primary N) is 1. The van der Waals surface area contributed by atoms with Crippen LogP contribution in [0.3, 0.4) is 0 Å². The predicted octanol–water partition coefficient (Wildman–Crippen LogP) is 4.39. The van der Waals surface area contributed by atoms with Crippen molar-refractivity contribution in [3.63, 3.8) is 0 Å². The maximum Gasteiger partial charge on any atom is 0.326 e. The maximum absolute atomic E-state index is 12.7.